The van der Waals surface area contributed by atoms with E-state index < -0.39 is 11.9 Å². The summed E-state index contributed by atoms with van der Waals surface area (Å²) in [4.78, 5) is 26.3. The second-order valence-corrected chi connectivity index (χ2v) is 4.96. The minimum absolute atomic E-state index is 0.167. The Kier molecular flexibility index (Phi) is 4.34. The number of primary amides is 1. The van der Waals surface area contributed by atoms with Crippen LogP contribution in [-0.4, -0.2) is 47.3 Å². The zero-order chi connectivity index (χ0) is 14.7. The second-order valence-electron chi connectivity index (χ2n) is 4.96. The van der Waals surface area contributed by atoms with E-state index in [4.69, 9.17) is 5.73 Å². The van der Waals surface area contributed by atoms with E-state index in [0.717, 1.165) is 0 Å². The fourth-order valence-electron chi connectivity index (χ4n) is 2.47. The average Bonchev–Trinajstić information content (AvgIpc) is 2.41. The highest BCUT2D eigenvalue weighted by atomic mass is 19.1. The highest BCUT2D eigenvalue weighted by molar-refractivity contribution is 5.86. The Bertz CT molecular complexity index is 521. The van der Waals surface area contributed by atoms with E-state index in [2.05, 4.69) is 0 Å². The molecule has 0 bridgehead atoms. The number of rotatable bonds is 3. The highest BCUT2D eigenvalue weighted by Gasteiger charge is 2.32. The molecule has 108 valence electrons. The van der Waals surface area contributed by atoms with Crippen LogP contribution >= 0.6 is 0 Å². The van der Waals surface area contributed by atoms with E-state index in [0.29, 0.717) is 31.7 Å². The zero-order valence-electron chi connectivity index (χ0n) is 11.4. The van der Waals surface area contributed by atoms with Crippen LogP contribution < -0.4 is 5.73 Å². The van der Waals surface area contributed by atoms with Gasteiger partial charge in [-0.3, -0.25) is 14.5 Å². The number of piperazine rings is 1. The van der Waals surface area contributed by atoms with Gasteiger partial charge in [0, 0.05) is 38.7 Å². The molecular weight excluding hydrogens is 261 g/mol. The first kappa shape index (κ1) is 14.5. The third-order valence-corrected chi connectivity index (χ3v) is 3.55. The van der Waals surface area contributed by atoms with Crippen molar-refractivity contribution in [1.29, 1.82) is 0 Å². The van der Waals surface area contributed by atoms with Crippen molar-refractivity contribution in [3.63, 3.8) is 0 Å². The first-order chi connectivity index (χ1) is 9.49. The molecule has 0 aliphatic carbocycles. The highest BCUT2D eigenvalue weighted by Crippen LogP contribution is 2.15. The molecule has 1 heterocycles. The maximum Gasteiger partial charge on any atom is 0.241 e. The SMILES string of the molecule is CC(=O)N1CCN(Cc2ccccc2F)C[C@H]1C(N)=O. The number of hydrogen-bond acceptors (Lipinski definition) is 3. The number of amides is 2. The number of nitrogens with two attached hydrogens (primary N) is 1. The molecule has 6 heteroatoms. The van der Waals surface area contributed by atoms with Crippen LogP contribution in [0.15, 0.2) is 24.3 Å². The smallest absolute Gasteiger partial charge is 0.241 e. The van der Waals surface area contributed by atoms with Crippen LogP contribution in [-0.2, 0) is 16.1 Å². The molecule has 0 aromatic heterocycles. The van der Waals surface area contributed by atoms with Crippen molar-refractivity contribution in [3.8, 4) is 0 Å². The zero-order valence-corrected chi connectivity index (χ0v) is 11.4. The van der Waals surface area contributed by atoms with Gasteiger partial charge in [-0.05, 0) is 6.07 Å². The molecule has 0 spiro atoms. The van der Waals surface area contributed by atoms with Gasteiger partial charge in [-0.2, -0.15) is 0 Å². The molecule has 2 N–H and O–H groups in total. The van der Waals surface area contributed by atoms with Crippen molar-refractivity contribution < 1.29 is 14.0 Å². The number of benzene rings is 1. The van der Waals surface area contributed by atoms with Crippen molar-refractivity contribution in [2.45, 2.75) is 19.5 Å². The molecule has 5 nitrogen and oxygen atoms in total. The summed E-state index contributed by atoms with van der Waals surface area (Å²) in [6.45, 7) is 3.18. The minimum atomic E-state index is -0.645. The molecule has 0 saturated carbocycles. The Morgan fingerprint density at radius 2 is 2.05 bits per heavy atom. The van der Waals surface area contributed by atoms with Gasteiger partial charge in [-0.15, -0.1) is 0 Å². The van der Waals surface area contributed by atoms with Gasteiger partial charge in [-0.1, -0.05) is 18.2 Å². The maximum absolute atomic E-state index is 13.6. The van der Waals surface area contributed by atoms with Gasteiger partial charge < -0.3 is 10.6 Å². The fraction of sp³-hybridized carbons (Fsp3) is 0.429. The molecule has 1 fully saturated rings. The normalized spacial score (nSPS) is 19.9. The Morgan fingerprint density at radius 1 is 1.35 bits per heavy atom. The molecule has 0 unspecified atom stereocenters. The van der Waals surface area contributed by atoms with Gasteiger partial charge in [0.15, 0.2) is 0 Å². The summed E-state index contributed by atoms with van der Waals surface area (Å²) in [5.41, 5.74) is 5.92. The fourth-order valence-corrected chi connectivity index (χ4v) is 2.47. The lowest BCUT2D eigenvalue weighted by Crippen LogP contribution is -2.59. The lowest BCUT2D eigenvalue weighted by atomic mass is 10.1. The van der Waals surface area contributed by atoms with Gasteiger partial charge in [-0.25, -0.2) is 4.39 Å². The summed E-state index contributed by atoms with van der Waals surface area (Å²) in [6, 6.07) is 5.89. The summed E-state index contributed by atoms with van der Waals surface area (Å²) in [7, 11) is 0. The Hall–Kier alpha value is -1.95. The number of hydrogen-bond donors (Lipinski definition) is 1. The van der Waals surface area contributed by atoms with Crippen LogP contribution in [0.4, 0.5) is 4.39 Å². The average molecular weight is 279 g/mol. The standard InChI is InChI=1S/C14H18FN3O2/c1-10(19)18-7-6-17(9-13(18)14(16)20)8-11-4-2-3-5-12(11)15/h2-5,13H,6-9H2,1H3,(H2,16,20)/t13-/m0/s1. The number of carbonyl (C=O) groups is 2. The van der Waals surface area contributed by atoms with E-state index in [1.54, 1.807) is 18.2 Å². The minimum Gasteiger partial charge on any atom is -0.368 e. The molecule has 1 aromatic rings. The monoisotopic (exact) mass is 279 g/mol. The number of carbonyl (C=O) groups excluding carboxylic acids is 2. The van der Waals surface area contributed by atoms with Crippen LogP contribution in [0.3, 0.4) is 0 Å². The molecule has 1 saturated heterocycles. The number of nitrogens with zero attached hydrogens (tertiary/aromatic N) is 2. The molecule has 0 radical (unpaired) electrons. The lowest BCUT2D eigenvalue weighted by Gasteiger charge is -2.39. The molecule has 2 amide bonds. The predicted molar refractivity (Wildman–Crippen MR) is 72.0 cm³/mol. The Morgan fingerprint density at radius 3 is 2.65 bits per heavy atom. The summed E-state index contributed by atoms with van der Waals surface area (Å²) in [5, 5.41) is 0. The third-order valence-electron chi connectivity index (χ3n) is 3.55. The first-order valence-electron chi connectivity index (χ1n) is 6.51. The predicted octanol–water partition coefficient (Wildman–Crippen LogP) is 0.344. The van der Waals surface area contributed by atoms with E-state index in [9.17, 15) is 14.0 Å². The van der Waals surface area contributed by atoms with Crippen LogP contribution in [0.1, 0.15) is 12.5 Å². The van der Waals surface area contributed by atoms with Crippen molar-refractivity contribution >= 4 is 11.8 Å². The van der Waals surface area contributed by atoms with Crippen LogP contribution in [0, 0.1) is 5.82 Å². The maximum atomic E-state index is 13.6. The Balaban J connectivity index is 2.07. The summed E-state index contributed by atoms with van der Waals surface area (Å²) < 4.78 is 13.6. The van der Waals surface area contributed by atoms with Crippen LogP contribution in [0.5, 0.6) is 0 Å². The van der Waals surface area contributed by atoms with Gasteiger partial charge in [0.25, 0.3) is 0 Å². The largest absolute Gasteiger partial charge is 0.368 e. The van der Waals surface area contributed by atoms with Crippen molar-refractivity contribution in [2.75, 3.05) is 19.6 Å². The molecule has 1 aromatic carbocycles. The first-order valence-corrected chi connectivity index (χ1v) is 6.51. The van der Waals surface area contributed by atoms with E-state index in [-0.39, 0.29) is 11.7 Å². The van der Waals surface area contributed by atoms with Gasteiger partial charge in [0.05, 0.1) is 0 Å². The molecule has 1 aliphatic rings. The Labute approximate surface area is 117 Å². The second kappa shape index (κ2) is 6.00. The third kappa shape index (κ3) is 3.14. The molecule has 20 heavy (non-hydrogen) atoms. The van der Waals surface area contributed by atoms with Gasteiger partial charge in [0.2, 0.25) is 11.8 Å². The van der Waals surface area contributed by atoms with Gasteiger partial charge in [0.1, 0.15) is 11.9 Å². The van der Waals surface area contributed by atoms with Crippen molar-refractivity contribution in [3.05, 3.63) is 35.6 Å². The quantitative estimate of drug-likeness (QED) is 0.868. The molecule has 2 rings (SSSR count). The molecule has 1 aliphatic heterocycles. The summed E-state index contributed by atoms with van der Waals surface area (Å²) in [6.07, 6.45) is 0. The molecule has 1 atom stereocenters. The summed E-state index contributed by atoms with van der Waals surface area (Å²) >= 11 is 0. The molecular formula is C14H18FN3O2. The van der Waals surface area contributed by atoms with Crippen LogP contribution in [0.2, 0.25) is 0 Å². The van der Waals surface area contributed by atoms with Gasteiger partial charge >= 0.3 is 0 Å². The van der Waals surface area contributed by atoms with Crippen molar-refractivity contribution in [2.24, 2.45) is 5.73 Å². The summed E-state index contributed by atoms with van der Waals surface area (Å²) in [5.74, 6) is -0.963. The van der Waals surface area contributed by atoms with Crippen LogP contribution in [0.25, 0.3) is 0 Å². The van der Waals surface area contributed by atoms with Crippen molar-refractivity contribution in [1.82, 2.24) is 9.80 Å². The van der Waals surface area contributed by atoms with E-state index in [1.807, 2.05) is 4.90 Å². The lowest BCUT2D eigenvalue weighted by molar-refractivity contribution is -0.141. The van der Waals surface area contributed by atoms with E-state index in [1.165, 1.54) is 17.9 Å². The number of halogens is 1. The van der Waals surface area contributed by atoms with E-state index >= 15 is 0 Å². The topological polar surface area (TPSA) is 66.6 Å².